The number of H-pyrrole nitrogens is 1. The van der Waals surface area contributed by atoms with E-state index in [1.807, 2.05) is 0 Å². The van der Waals surface area contributed by atoms with Crippen molar-refractivity contribution in [2.24, 2.45) is 0 Å². The summed E-state index contributed by atoms with van der Waals surface area (Å²) in [5.41, 5.74) is 0. The third kappa shape index (κ3) is 19.8. The Morgan fingerprint density at radius 2 is 0.821 bits per heavy atom. The standard InChI is InChI=1S/C37H72N2/c1-5-8-11-14-17-19-20-21-23-26-29-32-36(31-28-25-16-13-10-7-3)37-38-33-34-39(37)35(4)30-27-24-22-18-15-12-9-6-2/h33-36H,5-32H2,1-4H3/p+1. The lowest BCUT2D eigenvalue weighted by molar-refractivity contribution is -0.727. The number of aromatic amines is 1. The van der Waals surface area contributed by atoms with Crippen LogP contribution >= 0.6 is 0 Å². The second-order valence-corrected chi connectivity index (χ2v) is 12.9. The molecule has 1 aromatic rings. The maximum Gasteiger partial charge on any atom is 0.257 e. The minimum Gasteiger partial charge on any atom is -0.247 e. The molecule has 0 bridgehead atoms. The van der Waals surface area contributed by atoms with Crippen LogP contribution in [0.1, 0.15) is 225 Å². The zero-order valence-electron chi connectivity index (χ0n) is 27.6. The highest BCUT2D eigenvalue weighted by molar-refractivity contribution is 4.90. The summed E-state index contributed by atoms with van der Waals surface area (Å²) in [5.74, 6) is 2.24. The quantitative estimate of drug-likeness (QED) is 0.0732. The first-order valence-corrected chi connectivity index (χ1v) is 18.3. The van der Waals surface area contributed by atoms with Gasteiger partial charge in [-0.3, -0.25) is 0 Å². The summed E-state index contributed by atoms with van der Waals surface area (Å²) < 4.78 is 2.63. The van der Waals surface area contributed by atoms with Gasteiger partial charge < -0.3 is 0 Å². The molecule has 0 spiro atoms. The van der Waals surface area contributed by atoms with Crippen LogP contribution in [0.15, 0.2) is 12.4 Å². The molecule has 2 atom stereocenters. The molecule has 1 N–H and O–H groups in total. The van der Waals surface area contributed by atoms with Gasteiger partial charge in [0.05, 0.1) is 12.0 Å². The highest BCUT2D eigenvalue weighted by Crippen LogP contribution is 2.27. The fraction of sp³-hybridized carbons (Fsp3) is 0.919. The van der Waals surface area contributed by atoms with Crippen molar-refractivity contribution >= 4 is 0 Å². The fourth-order valence-electron chi connectivity index (χ4n) is 6.43. The van der Waals surface area contributed by atoms with E-state index >= 15 is 0 Å². The topological polar surface area (TPSA) is 19.7 Å². The van der Waals surface area contributed by atoms with Crippen LogP contribution in [0.5, 0.6) is 0 Å². The summed E-state index contributed by atoms with van der Waals surface area (Å²) in [7, 11) is 0. The Morgan fingerprint density at radius 1 is 0.487 bits per heavy atom. The summed E-state index contributed by atoms with van der Waals surface area (Å²) >= 11 is 0. The summed E-state index contributed by atoms with van der Waals surface area (Å²) in [4.78, 5) is 3.73. The first-order chi connectivity index (χ1) is 19.2. The van der Waals surface area contributed by atoms with Gasteiger partial charge in [0.1, 0.15) is 12.4 Å². The second-order valence-electron chi connectivity index (χ2n) is 12.9. The van der Waals surface area contributed by atoms with E-state index < -0.39 is 0 Å². The molecule has 0 saturated carbocycles. The van der Waals surface area contributed by atoms with Gasteiger partial charge in [0.2, 0.25) is 0 Å². The predicted molar refractivity (Wildman–Crippen MR) is 175 cm³/mol. The van der Waals surface area contributed by atoms with E-state index in [0.717, 1.165) is 0 Å². The predicted octanol–water partition coefficient (Wildman–Crippen LogP) is 12.9. The molecule has 1 aromatic heterocycles. The Morgan fingerprint density at radius 3 is 1.21 bits per heavy atom. The van der Waals surface area contributed by atoms with Crippen molar-refractivity contribution in [1.29, 1.82) is 0 Å². The van der Waals surface area contributed by atoms with Crippen molar-refractivity contribution in [3.05, 3.63) is 18.2 Å². The minimum atomic E-state index is 0.621. The summed E-state index contributed by atoms with van der Waals surface area (Å²) in [5, 5.41) is 0. The van der Waals surface area contributed by atoms with Crippen LogP contribution in [0.25, 0.3) is 0 Å². The molecular formula is C37H73N2+. The summed E-state index contributed by atoms with van der Waals surface area (Å²) in [6.07, 6.45) is 44.2. The normalized spacial score (nSPS) is 13.2. The monoisotopic (exact) mass is 546 g/mol. The van der Waals surface area contributed by atoms with Gasteiger partial charge in [-0.15, -0.1) is 0 Å². The molecule has 0 aliphatic heterocycles. The number of imidazole rings is 1. The SMILES string of the molecule is CCCCCCCCCCCCCC(CCCCCCCC)c1[nH]cc[n+]1C(C)CCCCCCCCCC. The number of hydrogen-bond acceptors (Lipinski definition) is 0. The molecule has 0 fully saturated rings. The van der Waals surface area contributed by atoms with Crippen LogP contribution in [0.2, 0.25) is 0 Å². The van der Waals surface area contributed by atoms with Crippen LogP contribution in [0.4, 0.5) is 0 Å². The van der Waals surface area contributed by atoms with Gasteiger partial charge in [0.25, 0.3) is 5.82 Å². The summed E-state index contributed by atoms with van der Waals surface area (Å²) in [6, 6.07) is 0.621. The molecule has 1 heterocycles. The first-order valence-electron chi connectivity index (χ1n) is 18.3. The Kier molecular flexibility index (Phi) is 25.4. The van der Waals surface area contributed by atoms with Crippen molar-refractivity contribution < 1.29 is 4.57 Å². The van der Waals surface area contributed by atoms with Crippen molar-refractivity contribution in [2.45, 2.75) is 219 Å². The van der Waals surface area contributed by atoms with E-state index in [1.165, 1.54) is 186 Å². The third-order valence-electron chi connectivity index (χ3n) is 9.14. The first kappa shape index (κ1) is 36.2. The smallest absolute Gasteiger partial charge is 0.247 e. The zero-order valence-corrected chi connectivity index (χ0v) is 27.6. The van der Waals surface area contributed by atoms with Crippen molar-refractivity contribution in [3.63, 3.8) is 0 Å². The van der Waals surface area contributed by atoms with Gasteiger partial charge in [0, 0.05) is 0 Å². The van der Waals surface area contributed by atoms with Gasteiger partial charge in [0.15, 0.2) is 0 Å². The van der Waals surface area contributed by atoms with E-state index in [0.29, 0.717) is 12.0 Å². The lowest BCUT2D eigenvalue weighted by Gasteiger charge is -2.17. The molecule has 0 aliphatic carbocycles. The van der Waals surface area contributed by atoms with Gasteiger partial charge in [-0.2, -0.15) is 0 Å². The maximum absolute atomic E-state index is 3.73. The molecule has 0 saturated heterocycles. The van der Waals surface area contributed by atoms with Gasteiger partial charge >= 0.3 is 0 Å². The second kappa shape index (κ2) is 27.4. The molecule has 0 aliphatic rings. The van der Waals surface area contributed by atoms with E-state index in [9.17, 15) is 0 Å². The number of hydrogen-bond donors (Lipinski definition) is 1. The van der Waals surface area contributed by atoms with Gasteiger partial charge in [-0.1, -0.05) is 175 Å². The number of rotatable bonds is 30. The Balaban J connectivity index is 2.43. The molecule has 2 heteroatoms. The molecule has 0 radical (unpaired) electrons. The van der Waals surface area contributed by atoms with E-state index in [1.54, 1.807) is 0 Å². The molecule has 1 rings (SSSR count). The van der Waals surface area contributed by atoms with Crippen LogP contribution in [-0.2, 0) is 0 Å². The van der Waals surface area contributed by atoms with Crippen molar-refractivity contribution in [3.8, 4) is 0 Å². The van der Waals surface area contributed by atoms with Crippen LogP contribution < -0.4 is 4.57 Å². The molecular weight excluding hydrogens is 472 g/mol. The van der Waals surface area contributed by atoms with Crippen LogP contribution in [0.3, 0.4) is 0 Å². The van der Waals surface area contributed by atoms with E-state index in [2.05, 4.69) is 49.6 Å². The van der Waals surface area contributed by atoms with Crippen molar-refractivity contribution in [2.75, 3.05) is 0 Å². The molecule has 39 heavy (non-hydrogen) atoms. The maximum atomic E-state index is 3.73. The number of nitrogens with one attached hydrogen (secondary N) is 1. The van der Waals surface area contributed by atoms with Crippen molar-refractivity contribution in [1.82, 2.24) is 4.98 Å². The molecule has 2 nitrogen and oxygen atoms in total. The zero-order chi connectivity index (χ0) is 28.2. The lowest BCUT2D eigenvalue weighted by atomic mass is 9.92. The van der Waals surface area contributed by atoms with E-state index in [4.69, 9.17) is 0 Å². The van der Waals surface area contributed by atoms with Gasteiger partial charge in [-0.05, 0) is 32.6 Å². The fourth-order valence-corrected chi connectivity index (χ4v) is 6.43. The third-order valence-corrected chi connectivity index (χ3v) is 9.14. The Bertz CT molecular complexity index is 606. The summed E-state index contributed by atoms with van der Waals surface area (Å²) in [6.45, 7) is 9.40. The van der Waals surface area contributed by atoms with Crippen LogP contribution in [-0.4, -0.2) is 4.98 Å². The van der Waals surface area contributed by atoms with Crippen LogP contribution in [0, 0.1) is 0 Å². The van der Waals surface area contributed by atoms with Gasteiger partial charge in [-0.25, -0.2) is 9.55 Å². The lowest BCUT2D eigenvalue weighted by Crippen LogP contribution is -2.41. The number of unbranched alkanes of at least 4 members (excludes halogenated alkanes) is 22. The average molecular weight is 546 g/mol. The Hall–Kier alpha value is -0.790. The molecule has 2 unspecified atom stereocenters. The average Bonchev–Trinajstić information content (AvgIpc) is 3.44. The molecule has 0 aromatic carbocycles. The highest BCUT2D eigenvalue weighted by atomic mass is 15.1. The number of nitrogens with zero attached hydrogens (tertiary/aromatic N) is 1. The highest BCUT2D eigenvalue weighted by Gasteiger charge is 2.25. The molecule has 230 valence electrons. The Labute approximate surface area is 246 Å². The van der Waals surface area contributed by atoms with E-state index in [-0.39, 0.29) is 0 Å². The molecule has 0 amide bonds. The number of aromatic nitrogens is 2. The minimum absolute atomic E-state index is 0.621. The largest absolute Gasteiger partial charge is 0.257 e.